The van der Waals surface area contributed by atoms with E-state index in [1.54, 1.807) is 43.7 Å². The number of rotatable bonds is 3. The quantitative estimate of drug-likeness (QED) is 0.945. The zero-order valence-corrected chi connectivity index (χ0v) is 12.6. The van der Waals surface area contributed by atoms with Gasteiger partial charge in [0.25, 0.3) is 11.8 Å². The molecule has 20 heavy (non-hydrogen) atoms. The largest absolute Gasteiger partial charge is 0.345 e. The fourth-order valence-corrected chi connectivity index (χ4v) is 2.40. The highest BCUT2D eigenvalue weighted by atomic mass is 35.5. The van der Waals surface area contributed by atoms with Gasteiger partial charge in [-0.15, -0.1) is 0 Å². The first-order valence-corrected chi connectivity index (χ1v) is 7.16. The van der Waals surface area contributed by atoms with Gasteiger partial charge in [-0.1, -0.05) is 11.6 Å². The first-order chi connectivity index (χ1) is 9.49. The molecule has 2 aromatic rings. The number of carbonyl (C=O) groups excluding carboxylic acids is 2. The van der Waals surface area contributed by atoms with Crippen molar-refractivity contribution in [1.29, 1.82) is 0 Å². The fraction of sp³-hybridized carbons (Fsp3) is 0.143. The van der Waals surface area contributed by atoms with E-state index < -0.39 is 0 Å². The van der Waals surface area contributed by atoms with Crippen LogP contribution in [0.5, 0.6) is 0 Å². The van der Waals surface area contributed by atoms with Crippen LogP contribution in [0.2, 0.25) is 5.02 Å². The summed E-state index contributed by atoms with van der Waals surface area (Å²) in [6.07, 6.45) is 0. The number of anilines is 1. The molecule has 0 saturated carbocycles. The van der Waals surface area contributed by atoms with E-state index in [-0.39, 0.29) is 11.8 Å². The molecular weight excluding hydrogens is 296 g/mol. The maximum atomic E-state index is 12.0. The maximum absolute atomic E-state index is 12.0. The molecule has 6 heteroatoms. The molecule has 2 rings (SSSR count). The molecule has 0 unspecified atom stereocenters. The van der Waals surface area contributed by atoms with Crippen molar-refractivity contribution in [1.82, 2.24) is 4.90 Å². The van der Waals surface area contributed by atoms with E-state index in [0.717, 1.165) is 0 Å². The summed E-state index contributed by atoms with van der Waals surface area (Å²) >= 11 is 7.49. The molecule has 0 radical (unpaired) electrons. The summed E-state index contributed by atoms with van der Waals surface area (Å²) in [6.45, 7) is 0. The van der Waals surface area contributed by atoms with E-state index in [9.17, 15) is 9.59 Å². The lowest BCUT2D eigenvalue weighted by molar-refractivity contribution is 0.0827. The van der Waals surface area contributed by atoms with Crippen LogP contribution in [0.25, 0.3) is 0 Å². The minimum Gasteiger partial charge on any atom is -0.345 e. The first-order valence-electron chi connectivity index (χ1n) is 5.84. The molecule has 0 spiro atoms. The van der Waals surface area contributed by atoms with Gasteiger partial charge in [0.1, 0.15) is 0 Å². The average molecular weight is 309 g/mol. The molecule has 1 N–H and O–H groups in total. The van der Waals surface area contributed by atoms with Crippen LogP contribution in [0.4, 0.5) is 5.69 Å². The number of halogens is 1. The Hall–Kier alpha value is -1.85. The Labute approximate surface area is 126 Å². The molecule has 0 aliphatic heterocycles. The van der Waals surface area contributed by atoms with Gasteiger partial charge in [-0.2, -0.15) is 11.3 Å². The Balaban J connectivity index is 2.25. The van der Waals surface area contributed by atoms with Gasteiger partial charge in [-0.3, -0.25) is 9.59 Å². The monoisotopic (exact) mass is 308 g/mol. The van der Waals surface area contributed by atoms with E-state index >= 15 is 0 Å². The number of hydrogen-bond donors (Lipinski definition) is 1. The van der Waals surface area contributed by atoms with Gasteiger partial charge in [0.2, 0.25) is 0 Å². The average Bonchev–Trinajstić information content (AvgIpc) is 2.94. The van der Waals surface area contributed by atoms with E-state index in [2.05, 4.69) is 5.32 Å². The number of nitrogens with one attached hydrogen (secondary N) is 1. The summed E-state index contributed by atoms with van der Waals surface area (Å²) < 4.78 is 0. The third kappa shape index (κ3) is 3.18. The van der Waals surface area contributed by atoms with Crippen LogP contribution in [0.1, 0.15) is 20.7 Å². The van der Waals surface area contributed by atoms with Gasteiger partial charge in [-0.05, 0) is 29.6 Å². The SMILES string of the molecule is CN(C)C(=O)c1ccc(Cl)c(NC(=O)c2ccsc2)c1. The Morgan fingerprint density at radius 2 is 1.95 bits per heavy atom. The number of carbonyl (C=O) groups is 2. The van der Waals surface area contributed by atoms with Gasteiger partial charge < -0.3 is 10.2 Å². The molecule has 0 aliphatic carbocycles. The number of thiophene rings is 1. The minimum atomic E-state index is -0.248. The second kappa shape index (κ2) is 6.07. The Morgan fingerprint density at radius 1 is 1.20 bits per heavy atom. The number of benzene rings is 1. The number of hydrogen-bond acceptors (Lipinski definition) is 3. The lowest BCUT2D eigenvalue weighted by Crippen LogP contribution is -2.22. The molecule has 1 aromatic carbocycles. The molecule has 1 aromatic heterocycles. The van der Waals surface area contributed by atoms with Crippen LogP contribution < -0.4 is 5.32 Å². The van der Waals surface area contributed by atoms with Crippen LogP contribution in [0, 0.1) is 0 Å². The standard InChI is InChI=1S/C14H13ClN2O2S/c1-17(2)14(19)9-3-4-11(15)12(7-9)16-13(18)10-5-6-20-8-10/h3-8H,1-2H3,(H,16,18). The van der Waals surface area contributed by atoms with E-state index in [4.69, 9.17) is 11.6 Å². The van der Waals surface area contributed by atoms with E-state index in [1.165, 1.54) is 16.2 Å². The van der Waals surface area contributed by atoms with Gasteiger partial charge in [0.15, 0.2) is 0 Å². The lowest BCUT2D eigenvalue weighted by Gasteiger charge is -2.12. The third-order valence-corrected chi connectivity index (χ3v) is 3.66. The molecule has 0 atom stereocenters. The highest BCUT2D eigenvalue weighted by molar-refractivity contribution is 7.08. The van der Waals surface area contributed by atoms with Crippen molar-refractivity contribution >= 4 is 40.4 Å². The third-order valence-electron chi connectivity index (χ3n) is 2.65. The molecule has 104 valence electrons. The van der Waals surface area contributed by atoms with Crippen LogP contribution in [0.3, 0.4) is 0 Å². The van der Waals surface area contributed by atoms with Crippen molar-refractivity contribution in [2.24, 2.45) is 0 Å². The van der Waals surface area contributed by atoms with E-state index in [0.29, 0.717) is 21.8 Å². The normalized spacial score (nSPS) is 10.2. The summed E-state index contributed by atoms with van der Waals surface area (Å²) in [6, 6.07) is 6.53. The summed E-state index contributed by atoms with van der Waals surface area (Å²) in [4.78, 5) is 25.3. The van der Waals surface area contributed by atoms with E-state index in [1.807, 2.05) is 5.38 Å². The van der Waals surface area contributed by atoms with Crippen LogP contribution in [0.15, 0.2) is 35.0 Å². The topological polar surface area (TPSA) is 49.4 Å². The molecule has 0 fully saturated rings. The molecule has 0 aliphatic rings. The summed E-state index contributed by atoms with van der Waals surface area (Å²) in [5, 5.41) is 6.67. The molecular formula is C14H13ClN2O2S. The second-order valence-electron chi connectivity index (χ2n) is 4.36. The van der Waals surface area contributed by atoms with Crippen molar-refractivity contribution in [3.8, 4) is 0 Å². The van der Waals surface area contributed by atoms with Crippen molar-refractivity contribution in [3.63, 3.8) is 0 Å². The lowest BCUT2D eigenvalue weighted by atomic mass is 10.1. The van der Waals surface area contributed by atoms with Crippen molar-refractivity contribution < 1.29 is 9.59 Å². The smallest absolute Gasteiger partial charge is 0.256 e. The molecule has 0 bridgehead atoms. The van der Waals surface area contributed by atoms with Crippen LogP contribution in [-0.4, -0.2) is 30.8 Å². The van der Waals surface area contributed by atoms with Gasteiger partial charge in [-0.25, -0.2) is 0 Å². The molecule has 4 nitrogen and oxygen atoms in total. The molecule has 0 saturated heterocycles. The summed E-state index contributed by atoms with van der Waals surface area (Å²) in [5.41, 5.74) is 1.46. The van der Waals surface area contributed by atoms with Gasteiger partial charge in [0, 0.05) is 25.0 Å². The summed E-state index contributed by atoms with van der Waals surface area (Å²) in [7, 11) is 3.33. The fourth-order valence-electron chi connectivity index (χ4n) is 1.60. The molecule has 2 amide bonds. The first kappa shape index (κ1) is 14.6. The highest BCUT2D eigenvalue weighted by Crippen LogP contribution is 2.24. The highest BCUT2D eigenvalue weighted by Gasteiger charge is 2.13. The van der Waals surface area contributed by atoms with Crippen molar-refractivity contribution in [2.75, 3.05) is 19.4 Å². The van der Waals surface area contributed by atoms with Crippen LogP contribution in [-0.2, 0) is 0 Å². The Kier molecular flexibility index (Phi) is 4.42. The zero-order chi connectivity index (χ0) is 14.7. The zero-order valence-electron chi connectivity index (χ0n) is 11.0. The van der Waals surface area contributed by atoms with Gasteiger partial charge in [0.05, 0.1) is 16.3 Å². The predicted octanol–water partition coefficient (Wildman–Crippen LogP) is 3.36. The predicted molar refractivity (Wildman–Crippen MR) is 81.7 cm³/mol. The van der Waals surface area contributed by atoms with Crippen molar-refractivity contribution in [3.05, 3.63) is 51.2 Å². The minimum absolute atomic E-state index is 0.146. The number of nitrogens with zero attached hydrogens (tertiary/aromatic N) is 1. The van der Waals surface area contributed by atoms with Crippen molar-refractivity contribution in [2.45, 2.75) is 0 Å². The van der Waals surface area contributed by atoms with Gasteiger partial charge >= 0.3 is 0 Å². The summed E-state index contributed by atoms with van der Waals surface area (Å²) in [5.74, 6) is -0.393. The Morgan fingerprint density at radius 3 is 2.55 bits per heavy atom. The Bertz CT molecular complexity index is 639. The second-order valence-corrected chi connectivity index (χ2v) is 5.55. The molecule has 1 heterocycles. The van der Waals surface area contributed by atoms with Crippen LogP contribution >= 0.6 is 22.9 Å². The number of amides is 2. The maximum Gasteiger partial charge on any atom is 0.256 e.